The van der Waals surface area contributed by atoms with Crippen molar-refractivity contribution in [2.75, 3.05) is 18.5 Å². The quantitative estimate of drug-likeness (QED) is 0.648. The Hall–Kier alpha value is -2.44. The third kappa shape index (κ3) is 5.82. The van der Waals surface area contributed by atoms with Gasteiger partial charge in [-0.05, 0) is 42.5 Å². The molecule has 0 spiro atoms. The Morgan fingerprint density at radius 2 is 1.81 bits per heavy atom. The normalized spacial score (nSPS) is 11.7. The summed E-state index contributed by atoms with van der Waals surface area (Å²) in [5, 5.41) is 14.0. The van der Waals surface area contributed by atoms with Gasteiger partial charge in [-0.25, -0.2) is 4.39 Å². The third-order valence-electron chi connectivity index (χ3n) is 3.91. The van der Waals surface area contributed by atoms with Gasteiger partial charge in [0.15, 0.2) is 0 Å². The summed E-state index contributed by atoms with van der Waals surface area (Å²) in [5.74, 6) is -2.17. The first-order valence-electron chi connectivity index (χ1n) is 8.21. The molecule has 0 aliphatic heterocycles. The highest BCUT2D eigenvalue weighted by atomic mass is 35.5. The molecule has 5 nitrogen and oxygen atoms in total. The van der Waals surface area contributed by atoms with Gasteiger partial charge < -0.3 is 15.7 Å². The molecule has 0 bridgehead atoms. The zero-order valence-electron chi connectivity index (χ0n) is 14.0. The lowest BCUT2D eigenvalue weighted by Crippen LogP contribution is -2.36. The largest absolute Gasteiger partial charge is 0.396 e. The van der Waals surface area contributed by atoms with Crippen molar-refractivity contribution in [3.05, 3.63) is 64.9 Å². The second-order valence-electron chi connectivity index (χ2n) is 5.75. The molecule has 0 heterocycles. The number of aliphatic hydroxyl groups excluding tert-OH is 1. The lowest BCUT2D eigenvalue weighted by atomic mass is 9.93. The van der Waals surface area contributed by atoms with Crippen molar-refractivity contribution in [1.82, 2.24) is 5.32 Å². The molecule has 0 radical (unpaired) electrons. The molecule has 0 aliphatic carbocycles. The molecule has 2 aromatic rings. The maximum Gasteiger partial charge on any atom is 0.313 e. The van der Waals surface area contributed by atoms with E-state index in [9.17, 15) is 19.1 Å². The number of hydrogen-bond acceptors (Lipinski definition) is 3. The highest BCUT2D eigenvalue weighted by Crippen LogP contribution is 2.22. The average Bonchev–Trinajstić information content (AvgIpc) is 2.64. The Kier molecular flexibility index (Phi) is 7.56. The van der Waals surface area contributed by atoms with E-state index in [4.69, 9.17) is 11.6 Å². The molecule has 2 amide bonds. The van der Waals surface area contributed by atoms with Crippen molar-refractivity contribution in [3.8, 4) is 0 Å². The van der Waals surface area contributed by atoms with Crippen molar-refractivity contribution in [3.63, 3.8) is 0 Å². The fourth-order valence-corrected chi connectivity index (χ4v) is 2.74. The van der Waals surface area contributed by atoms with Gasteiger partial charge in [-0.3, -0.25) is 9.59 Å². The van der Waals surface area contributed by atoms with Crippen LogP contribution in [0.15, 0.2) is 48.5 Å². The number of anilines is 1. The zero-order valence-corrected chi connectivity index (χ0v) is 14.8. The average molecular weight is 379 g/mol. The second kappa shape index (κ2) is 9.89. The molecule has 3 N–H and O–H groups in total. The first-order chi connectivity index (χ1) is 12.5. The van der Waals surface area contributed by atoms with Crippen molar-refractivity contribution in [1.29, 1.82) is 0 Å². The van der Waals surface area contributed by atoms with E-state index < -0.39 is 17.6 Å². The lowest BCUT2D eigenvalue weighted by Gasteiger charge is -2.16. The molecule has 0 fully saturated rings. The van der Waals surface area contributed by atoms with Crippen molar-refractivity contribution in [2.24, 2.45) is 0 Å². The molecule has 2 rings (SSSR count). The van der Waals surface area contributed by atoms with Gasteiger partial charge in [-0.15, -0.1) is 0 Å². The highest BCUT2D eigenvalue weighted by Gasteiger charge is 2.16. The first-order valence-corrected chi connectivity index (χ1v) is 8.59. The predicted molar refractivity (Wildman–Crippen MR) is 98.6 cm³/mol. The number of amides is 2. The van der Waals surface area contributed by atoms with E-state index in [1.54, 1.807) is 0 Å². The topological polar surface area (TPSA) is 78.4 Å². The van der Waals surface area contributed by atoms with E-state index in [1.165, 1.54) is 12.1 Å². The molecule has 138 valence electrons. The van der Waals surface area contributed by atoms with Crippen LogP contribution < -0.4 is 10.6 Å². The number of halogens is 2. The molecular formula is C19H20ClFN2O3. The van der Waals surface area contributed by atoms with Gasteiger partial charge in [0.25, 0.3) is 0 Å². The zero-order chi connectivity index (χ0) is 18.9. The van der Waals surface area contributed by atoms with Gasteiger partial charge >= 0.3 is 11.8 Å². The number of nitrogens with one attached hydrogen (secondary N) is 2. The van der Waals surface area contributed by atoms with Crippen molar-refractivity contribution in [2.45, 2.75) is 18.8 Å². The third-order valence-corrected chi connectivity index (χ3v) is 4.20. The monoisotopic (exact) mass is 378 g/mol. The summed E-state index contributed by atoms with van der Waals surface area (Å²) >= 11 is 5.64. The molecule has 0 aromatic heterocycles. The summed E-state index contributed by atoms with van der Waals surface area (Å²) in [7, 11) is 0. The van der Waals surface area contributed by atoms with Crippen LogP contribution in [-0.2, 0) is 9.59 Å². The molecule has 2 aromatic carbocycles. The van der Waals surface area contributed by atoms with Gasteiger partial charge in [0, 0.05) is 18.8 Å². The molecule has 0 unspecified atom stereocenters. The van der Waals surface area contributed by atoms with Gasteiger partial charge in [0.2, 0.25) is 0 Å². The van der Waals surface area contributed by atoms with Crippen LogP contribution in [0.3, 0.4) is 0 Å². The molecule has 0 aliphatic rings. The summed E-state index contributed by atoms with van der Waals surface area (Å²) in [6, 6.07) is 13.3. The van der Waals surface area contributed by atoms with E-state index in [1.807, 2.05) is 30.3 Å². The SMILES string of the molecule is O=C(NCC[C@@H](CCO)c1ccccc1)C(=O)Nc1ccc(F)c(Cl)c1. The van der Waals surface area contributed by atoms with Crippen LogP contribution in [0, 0.1) is 5.82 Å². The van der Waals surface area contributed by atoms with Crippen LogP contribution in [0.4, 0.5) is 10.1 Å². The van der Waals surface area contributed by atoms with Crippen LogP contribution >= 0.6 is 11.6 Å². The number of carbonyl (C=O) groups excluding carboxylic acids is 2. The molecule has 7 heteroatoms. The lowest BCUT2D eigenvalue weighted by molar-refractivity contribution is -0.136. The smallest absolute Gasteiger partial charge is 0.313 e. The second-order valence-corrected chi connectivity index (χ2v) is 6.15. The van der Waals surface area contributed by atoms with E-state index in [0.29, 0.717) is 12.8 Å². The maximum atomic E-state index is 13.1. The Morgan fingerprint density at radius 3 is 2.46 bits per heavy atom. The minimum atomic E-state index is -0.855. The highest BCUT2D eigenvalue weighted by molar-refractivity contribution is 6.39. The summed E-state index contributed by atoms with van der Waals surface area (Å²) in [5.41, 5.74) is 1.31. The molecule has 26 heavy (non-hydrogen) atoms. The van der Waals surface area contributed by atoms with Crippen molar-refractivity contribution >= 4 is 29.1 Å². The fraction of sp³-hybridized carbons (Fsp3) is 0.263. The van der Waals surface area contributed by atoms with E-state index in [2.05, 4.69) is 10.6 Å². The summed E-state index contributed by atoms with van der Waals surface area (Å²) in [4.78, 5) is 23.8. The number of aliphatic hydroxyl groups is 1. The van der Waals surface area contributed by atoms with Crippen LogP contribution in [0.2, 0.25) is 5.02 Å². The van der Waals surface area contributed by atoms with E-state index in [-0.39, 0.29) is 29.8 Å². The van der Waals surface area contributed by atoms with E-state index >= 15 is 0 Å². The summed E-state index contributed by atoms with van der Waals surface area (Å²) in [6.45, 7) is 0.329. The first kappa shape index (κ1) is 19.9. The predicted octanol–water partition coefficient (Wildman–Crippen LogP) is 3.09. The van der Waals surface area contributed by atoms with Crippen molar-refractivity contribution < 1.29 is 19.1 Å². The number of rotatable bonds is 7. The molecule has 0 saturated carbocycles. The Morgan fingerprint density at radius 1 is 1.08 bits per heavy atom. The molecular weight excluding hydrogens is 359 g/mol. The molecule has 1 atom stereocenters. The number of hydrogen-bond donors (Lipinski definition) is 3. The van der Waals surface area contributed by atoms with Gasteiger partial charge in [0.1, 0.15) is 5.82 Å². The van der Waals surface area contributed by atoms with Crippen LogP contribution in [0.1, 0.15) is 24.3 Å². The summed E-state index contributed by atoms with van der Waals surface area (Å²) < 4.78 is 13.1. The van der Waals surface area contributed by atoms with Crippen LogP contribution in [0.25, 0.3) is 0 Å². The maximum absolute atomic E-state index is 13.1. The summed E-state index contributed by atoms with van der Waals surface area (Å²) in [6.07, 6.45) is 1.16. The van der Waals surface area contributed by atoms with Gasteiger partial charge in [-0.1, -0.05) is 41.9 Å². The van der Waals surface area contributed by atoms with Crippen LogP contribution in [0.5, 0.6) is 0 Å². The van der Waals surface area contributed by atoms with Gasteiger partial charge in [0.05, 0.1) is 5.02 Å². The Balaban J connectivity index is 1.84. The standard InChI is InChI=1S/C19H20ClFN2O3/c20-16-12-15(6-7-17(16)21)23-19(26)18(25)22-10-8-14(9-11-24)13-4-2-1-3-5-13/h1-7,12,14,24H,8-11H2,(H,22,25)(H,23,26)/t14-/m0/s1. The number of benzene rings is 2. The molecule has 0 saturated heterocycles. The fourth-order valence-electron chi connectivity index (χ4n) is 2.56. The minimum Gasteiger partial charge on any atom is -0.396 e. The Bertz CT molecular complexity index is 756. The van der Waals surface area contributed by atoms with E-state index in [0.717, 1.165) is 11.6 Å². The Labute approximate surface area is 156 Å². The minimum absolute atomic E-state index is 0.0410. The van der Waals surface area contributed by atoms with Gasteiger partial charge in [-0.2, -0.15) is 0 Å². The number of carbonyl (C=O) groups is 2. The van der Waals surface area contributed by atoms with Crippen LogP contribution in [-0.4, -0.2) is 30.1 Å².